The van der Waals surface area contributed by atoms with Crippen molar-refractivity contribution in [3.63, 3.8) is 0 Å². The summed E-state index contributed by atoms with van der Waals surface area (Å²) in [6, 6.07) is 7.75. The summed E-state index contributed by atoms with van der Waals surface area (Å²) in [5, 5.41) is 0.997. The number of aryl methyl sites for hydroxylation is 1. The lowest BCUT2D eigenvalue weighted by Gasteiger charge is -1.94. The van der Waals surface area contributed by atoms with E-state index in [-0.39, 0.29) is 5.78 Å². The zero-order valence-electron chi connectivity index (χ0n) is 10.0. The van der Waals surface area contributed by atoms with Gasteiger partial charge in [0.1, 0.15) is 5.58 Å². The van der Waals surface area contributed by atoms with Crippen molar-refractivity contribution in [1.82, 2.24) is 0 Å². The lowest BCUT2D eigenvalue weighted by molar-refractivity contribution is 0.0955. The zero-order valence-corrected chi connectivity index (χ0v) is 10.0. The first-order chi connectivity index (χ1) is 8.20. The molecule has 88 valence electrons. The number of benzene rings is 1. The SMILES string of the molecule is C=CCCCC(=O)c1cc2cc(C)ccc2o1. The van der Waals surface area contributed by atoms with E-state index >= 15 is 0 Å². The highest BCUT2D eigenvalue weighted by atomic mass is 16.3. The van der Waals surface area contributed by atoms with Gasteiger partial charge in [-0.2, -0.15) is 0 Å². The number of allylic oxidation sites excluding steroid dienone is 1. The lowest BCUT2D eigenvalue weighted by atomic mass is 10.1. The van der Waals surface area contributed by atoms with Crippen LogP contribution in [0, 0.1) is 6.92 Å². The van der Waals surface area contributed by atoms with Crippen LogP contribution in [0.15, 0.2) is 41.3 Å². The second-order valence-electron chi connectivity index (χ2n) is 4.26. The monoisotopic (exact) mass is 228 g/mol. The van der Waals surface area contributed by atoms with Crippen LogP contribution >= 0.6 is 0 Å². The lowest BCUT2D eigenvalue weighted by Crippen LogP contribution is -1.95. The molecule has 2 aromatic rings. The van der Waals surface area contributed by atoms with Crippen molar-refractivity contribution in [1.29, 1.82) is 0 Å². The van der Waals surface area contributed by atoms with Gasteiger partial charge in [0.2, 0.25) is 0 Å². The van der Waals surface area contributed by atoms with Gasteiger partial charge in [0.25, 0.3) is 0 Å². The number of hydrogen-bond donors (Lipinski definition) is 0. The first kappa shape index (κ1) is 11.6. The number of ketones is 1. The van der Waals surface area contributed by atoms with Crippen molar-refractivity contribution in [2.24, 2.45) is 0 Å². The highest BCUT2D eigenvalue weighted by molar-refractivity contribution is 5.97. The summed E-state index contributed by atoms with van der Waals surface area (Å²) in [6.45, 7) is 5.67. The molecule has 0 aliphatic carbocycles. The summed E-state index contributed by atoms with van der Waals surface area (Å²) in [5.41, 5.74) is 1.95. The summed E-state index contributed by atoms with van der Waals surface area (Å²) in [6.07, 6.45) is 4.05. The topological polar surface area (TPSA) is 30.2 Å². The molecule has 0 fully saturated rings. The van der Waals surface area contributed by atoms with Crippen LogP contribution in [0.4, 0.5) is 0 Å². The zero-order chi connectivity index (χ0) is 12.3. The summed E-state index contributed by atoms with van der Waals surface area (Å²) >= 11 is 0. The summed E-state index contributed by atoms with van der Waals surface area (Å²) in [7, 11) is 0. The van der Waals surface area contributed by atoms with Crippen molar-refractivity contribution in [3.05, 3.63) is 48.2 Å². The Bertz CT molecular complexity index is 549. The second kappa shape index (κ2) is 5.00. The van der Waals surface area contributed by atoms with E-state index in [1.807, 2.05) is 37.3 Å². The summed E-state index contributed by atoms with van der Waals surface area (Å²) in [5.74, 6) is 0.537. The van der Waals surface area contributed by atoms with Gasteiger partial charge in [-0.25, -0.2) is 0 Å². The van der Waals surface area contributed by atoms with Gasteiger partial charge in [-0.05, 0) is 38.0 Å². The largest absolute Gasteiger partial charge is 0.453 e. The maximum absolute atomic E-state index is 11.8. The average Bonchev–Trinajstić information content (AvgIpc) is 2.72. The molecule has 0 N–H and O–H groups in total. The van der Waals surface area contributed by atoms with E-state index in [1.165, 1.54) is 5.56 Å². The second-order valence-corrected chi connectivity index (χ2v) is 4.26. The van der Waals surface area contributed by atoms with Gasteiger partial charge in [-0.1, -0.05) is 17.7 Å². The van der Waals surface area contributed by atoms with Crippen molar-refractivity contribution in [2.45, 2.75) is 26.2 Å². The molecule has 0 atom stereocenters. The molecule has 1 aromatic heterocycles. The molecule has 2 nitrogen and oxygen atoms in total. The Labute approximate surface area is 101 Å². The molecule has 0 saturated carbocycles. The third kappa shape index (κ3) is 2.64. The Kier molecular flexibility index (Phi) is 3.43. The molecule has 2 rings (SSSR count). The first-order valence-corrected chi connectivity index (χ1v) is 5.85. The number of fused-ring (bicyclic) bond motifs is 1. The molecule has 0 bridgehead atoms. The molecule has 0 aliphatic heterocycles. The van der Waals surface area contributed by atoms with Crippen LogP contribution in [0.3, 0.4) is 0 Å². The third-order valence-electron chi connectivity index (χ3n) is 2.76. The van der Waals surface area contributed by atoms with Crippen LogP contribution < -0.4 is 0 Å². The van der Waals surface area contributed by atoms with Crippen LogP contribution in [0.2, 0.25) is 0 Å². The maximum Gasteiger partial charge on any atom is 0.198 e. The fourth-order valence-corrected chi connectivity index (χ4v) is 1.83. The van der Waals surface area contributed by atoms with Gasteiger partial charge in [0.05, 0.1) is 0 Å². The number of unbranched alkanes of at least 4 members (excludes halogenated alkanes) is 1. The minimum absolute atomic E-state index is 0.0701. The Balaban J connectivity index is 2.18. The molecule has 1 aromatic carbocycles. The van der Waals surface area contributed by atoms with Crippen LogP contribution in [0.1, 0.15) is 35.4 Å². The van der Waals surface area contributed by atoms with Crippen LogP contribution in [0.25, 0.3) is 11.0 Å². The van der Waals surface area contributed by atoms with Gasteiger partial charge < -0.3 is 4.42 Å². The quantitative estimate of drug-likeness (QED) is 0.434. The van der Waals surface area contributed by atoms with E-state index in [1.54, 1.807) is 0 Å². The maximum atomic E-state index is 11.8. The van der Waals surface area contributed by atoms with Crippen molar-refractivity contribution >= 4 is 16.8 Å². The van der Waals surface area contributed by atoms with Gasteiger partial charge in [-0.3, -0.25) is 4.79 Å². The van der Waals surface area contributed by atoms with Gasteiger partial charge in [-0.15, -0.1) is 6.58 Å². The Hall–Kier alpha value is -1.83. The molecule has 2 heteroatoms. The molecule has 0 saturated heterocycles. The molecule has 0 aliphatic rings. The van der Waals surface area contributed by atoms with E-state index in [0.29, 0.717) is 12.2 Å². The molecule has 0 amide bonds. The van der Waals surface area contributed by atoms with Crippen LogP contribution in [0.5, 0.6) is 0 Å². The molecular weight excluding hydrogens is 212 g/mol. The van der Waals surface area contributed by atoms with E-state index in [4.69, 9.17) is 4.42 Å². The van der Waals surface area contributed by atoms with E-state index in [9.17, 15) is 4.79 Å². The molecule has 0 radical (unpaired) electrons. The fourth-order valence-electron chi connectivity index (χ4n) is 1.83. The van der Waals surface area contributed by atoms with Gasteiger partial charge in [0, 0.05) is 11.8 Å². The molecule has 1 heterocycles. The number of hydrogen-bond acceptors (Lipinski definition) is 2. The minimum Gasteiger partial charge on any atom is -0.453 e. The van der Waals surface area contributed by atoms with Crippen LogP contribution in [-0.4, -0.2) is 5.78 Å². The molecular formula is C15H16O2. The highest BCUT2D eigenvalue weighted by Gasteiger charge is 2.11. The number of furan rings is 1. The van der Waals surface area contributed by atoms with Crippen molar-refractivity contribution in [2.75, 3.05) is 0 Å². The average molecular weight is 228 g/mol. The smallest absolute Gasteiger partial charge is 0.198 e. The van der Waals surface area contributed by atoms with Gasteiger partial charge in [0.15, 0.2) is 11.5 Å². The Morgan fingerprint density at radius 1 is 1.41 bits per heavy atom. The number of carbonyl (C=O) groups excluding carboxylic acids is 1. The third-order valence-corrected chi connectivity index (χ3v) is 2.76. The van der Waals surface area contributed by atoms with Crippen molar-refractivity contribution < 1.29 is 9.21 Å². The fraction of sp³-hybridized carbons (Fsp3) is 0.267. The number of carbonyl (C=O) groups is 1. The molecule has 0 spiro atoms. The van der Waals surface area contributed by atoms with E-state index in [2.05, 4.69) is 6.58 Å². The Morgan fingerprint density at radius 3 is 3.00 bits per heavy atom. The number of rotatable bonds is 5. The summed E-state index contributed by atoms with van der Waals surface area (Å²) in [4.78, 5) is 11.8. The normalized spacial score (nSPS) is 10.6. The minimum atomic E-state index is 0.0701. The van der Waals surface area contributed by atoms with Crippen molar-refractivity contribution in [3.8, 4) is 0 Å². The van der Waals surface area contributed by atoms with E-state index in [0.717, 1.165) is 23.8 Å². The summed E-state index contributed by atoms with van der Waals surface area (Å²) < 4.78 is 5.54. The highest BCUT2D eigenvalue weighted by Crippen LogP contribution is 2.21. The molecule has 0 unspecified atom stereocenters. The predicted octanol–water partition coefficient (Wildman–Crippen LogP) is 4.28. The molecule has 17 heavy (non-hydrogen) atoms. The first-order valence-electron chi connectivity index (χ1n) is 5.85. The van der Waals surface area contributed by atoms with Crippen LogP contribution in [-0.2, 0) is 0 Å². The van der Waals surface area contributed by atoms with E-state index < -0.39 is 0 Å². The van der Waals surface area contributed by atoms with Gasteiger partial charge >= 0.3 is 0 Å². The number of Topliss-reactive ketones (excluding diaryl/α,β-unsaturated/α-hetero) is 1. The Morgan fingerprint density at radius 2 is 2.24 bits per heavy atom. The standard InChI is InChI=1S/C15H16O2/c1-3-4-5-6-13(16)15-10-12-9-11(2)7-8-14(12)17-15/h3,7-10H,1,4-6H2,2H3. The predicted molar refractivity (Wildman–Crippen MR) is 69.3 cm³/mol.